The third-order valence-electron chi connectivity index (χ3n) is 7.55. The maximum Gasteiger partial charge on any atom is 0.328 e. The highest BCUT2D eigenvalue weighted by Crippen LogP contribution is 2.21. The Morgan fingerprint density at radius 2 is 1.69 bits per heavy atom. The maximum atomic E-state index is 13.8. The number of aromatic amines is 1. The summed E-state index contributed by atoms with van der Waals surface area (Å²) >= 11 is 0. The van der Waals surface area contributed by atoms with Gasteiger partial charge in [-0.3, -0.25) is 19.2 Å². The molecule has 1 saturated heterocycles. The second-order valence-corrected chi connectivity index (χ2v) is 11.8. The number of rotatable bonds is 15. The van der Waals surface area contributed by atoms with E-state index in [1.165, 1.54) is 36.5 Å². The van der Waals surface area contributed by atoms with Crippen molar-refractivity contribution in [2.75, 3.05) is 6.54 Å². The standard InChI is InChI=1S/C30H43N7O8/c1-16(2)11-23(29(43)37-10-4-5-24(37)28(42)36-25(17(3)38)30(44)45)35-27(41)22(12-18-6-8-20(39)9-7-18)34-26(40)21(31)13-19-14-32-15-33-19/h6-9,14-17,21-25,38-39H,4-5,10-13,31H2,1-3H3,(H,32,33)(H,34,40)(H,35,41)(H,36,42)(H,44,45)/t17-,21+,22+,23+,24+,25+/m1/s1. The number of aromatic hydroxyl groups is 1. The molecule has 1 aliphatic rings. The Morgan fingerprint density at radius 1 is 1.02 bits per heavy atom. The number of likely N-dealkylation sites (tertiary alicyclic amines) is 1. The van der Waals surface area contributed by atoms with E-state index >= 15 is 0 Å². The number of carbonyl (C=O) groups is 5. The third kappa shape index (κ3) is 10.0. The van der Waals surface area contributed by atoms with Crippen molar-refractivity contribution in [1.82, 2.24) is 30.8 Å². The zero-order valence-electron chi connectivity index (χ0n) is 25.6. The van der Waals surface area contributed by atoms with E-state index in [0.29, 0.717) is 17.7 Å². The molecule has 0 saturated carbocycles. The number of phenolic OH excluding ortho intramolecular Hbond substituents is 1. The normalized spacial score (nSPS) is 18.0. The number of carbonyl (C=O) groups excluding carboxylic acids is 4. The van der Waals surface area contributed by atoms with Gasteiger partial charge in [-0.2, -0.15) is 0 Å². The zero-order chi connectivity index (χ0) is 33.3. The van der Waals surface area contributed by atoms with Crippen LogP contribution in [0.4, 0.5) is 0 Å². The number of nitrogens with one attached hydrogen (secondary N) is 4. The van der Waals surface area contributed by atoms with Crippen molar-refractivity contribution in [3.63, 3.8) is 0 Å². The van der Waals surface area contributed by atoms with Crippen LogP contribution < -0.4 is 21.7 Å². The molecule has 15 heteroatoms. The lowest BCUT2D eigenvalue weighted by molar-refractivity contribution is -0.147. The fourth-order valence-corrected chi connectivity index (χ4v) is 5.19. The molecule has 4 amide bonds. The van der Waals surface area contributed by atoms with Crippen LogP contribution in [-0.2, 0) is 36.8 Å². The number of imidazole rings is 1. The maximum absolute atomic E-state index is 13.8. The van der Waals surface area contributed by atoms with Crippen LogP contribution in [0.15, 0.2) is 36.8 Å². The van der Waals surface area contributed by atoms with Crippen LogP contribution in [0.5, 0.6) is 5.75 Å². The van der Waals surface area contributed by atoms with Gasteiger partial charge in [0.15, 0.2) is 6.04 Å². The average Bonchev–Trinajstić information content (AvgIpc) is 3.67. The van der Waals surface area contributed by atoms with Crippen LogP contribution in [0.25, 0.3) is 0 Å². The Bertz CT molecular complexity index is 1320. The van der Waals surface area contributed by atoms with Crippen LogP contribution in [0.3, 0.4) is 0 Å². The van der Waals surface area contributed by atoms with Crippen LogP contribution in [0, 0.1) is 5.92 Å². The number of nitrogens with zero attached hydrogens (tertiary/aromatic N) is 2. The predicted molar refractivity (Wildman–Crippen MR) is 161 cm³/mol. The fraction of sp³-hybridized carbons (Fsp3) is 0.533. The summed E-state index contributed by atoms with van der Waals surface area (Å²) in [5.41, 5.74) is 7.37. The molecule has 1 aliphatic heterocycles. The van der Waals surface area contributed by atoms with E-state index in [-0.39, 0.29) is 43.9 Å². The number of carboxylic acid groups (broad SMARTS) is 1. The quantitative estimate of drug-likeness (QED) is 0.122. The van der Waals surface area contributed by atoms with Crippen molar-refractivity contribution in [2.24, 2.45) is 11.7 Å². The Hall–Kier alpha value is -4.50. The molecular formula is C30H43N7O8. The van der Waals surface area contributed by atoms with E-state index in [9.17, 15) is 39.3 Å². The van der Waals surface area contributed by atoms with Crippen molar-refractivity contribution in [2.45, 2.75) is 89.2 Å². The van der Waals surface area contributed by atoms with E-state index in [0.717, 1.165) is 0 Å². The number of nitrogens with two attached hydrogens (primary N) is 1. The summed E-state index contributed by atoms with van der Waals surface area (Å²) in [5.74, 6) is -3.92. The highest BCUT2D eigenvalue weighted by molar-refractivity contribution is 5.96. The van der Waals surface area contributed by atoms with Gasteiger partial charge in [0.05, 0.1) is 18.5 Å². The van der Waals surface area contributed by atoms with Gasteiger partial charge in [0.2, 0.25) is 23.6 Å². The molecule has 6 atom stereocenters. The first kappa shape index (κ1) is 35.0. The van der Waals surface area contributed by atoms with Crippen molar-refractivity contribution in [3.8, 4) is 5.75 Å². The van der Waals surface area contributed by atoms with Gasteiger partial charge in [-0.1, -0.05) is 26.0 Å². The number of benzene rings is 1. The molecule has 1 aromatic carbocycles. The number of hydrogen-bond acceptors (Lipinski definition) is 9. The molecule has 0 unspecified atom stereocenters. The first-order valence-electron chi connectivity index (χ1n) is 14.9. The topological polar surface area (TPSA) is 240 Å². The summed E-state index contributed by atoms with van der Waals surface area (Å²) in [7, 11) is 0. The molecule has 0 spiro atoms. The lowest BCUT2D eigenvalue weighted by Crippen LogP contribution is -2.59. The molecule has 3 rings (SSSR count). The molecule has 1 fully saturated rings. The van der Waals surface area contributed by atoms with Gasteiger partial charge in [0, 0.05) is 31.3 Å². The summed E-state index contributed by atoms with van der Waals surface area (Å²) < 4.78 is 0. The summed E-state index contributed by atoms with van der Waals surface area (Å²) in [6, 6.07) is 0.366. The Kier molecular flexibility index (Phi) is 12.4. The van der Waals surface area contributed by atoms with Gasteiger partial charge < -0.3 is 46.9 Å². The van der Waals surface area contributed by atoms with E-state index in [1.54, 1.807) is 12.1 Å². The molecule has 2 aromatic rings. The number of aliphatic carboxylic acids is 1. The minimum absolute atomic E-state index is 0.0280. The Labute approximate surface area is 261 Å². The molecule has 246 valence electrons. The lowest BCUT2D eigenvalue weighted by Gasteiger charge is -2.31. The van der Waals surface area contributed by atoms with E-state index in [4.69, 9.17) is 5.73 Å². The predicted octanol–water partition coefficient (Wildman–Crippen LogP) is -0.815. The lowest BCUT2D eigenvalue weighted by atomic mass is 10.00. The number of aliphatic hydroxyl groups is 1. The summed E-state index contributed by atoms with van der Waals surface area (Å²) in [6.07, 6.45) is 2.78. The van der Waals surface area contributed by atoms with Gasteiger partial charge in [0.25, 0.3) is 0 Å². The smallest absolute Gasteiger partial charge is 0.328 e. The number of H-pyrrole nitrogens is 1. The first-order valence-corrected chi connectivity index (χ1v) is 14.9. The van der Waals surface area contributed by atoms with E-state index in [1.807, 2.05) is 13.8 Å². The highest BCUT2D eigenvalue weighted by Gasteiger charge is 2.40. The molecule has 1 aromatic heterocycles. The van der Waals surface area contributed by atoms with Gasteiger partial charge in [-0.05, 0) is 49.8 Å². The zero-order valence-corrected chi connectivity index (χ0v) is 25.6. The number of aliphatic hydroxyl groups excluding tert-OH is 1. The minimum atomic E-state index is -1.55. The molecule has 0 bridgehead atoms. The second-order valence-electron chi connectivity index (χ2n) is 11.8. The first-order chi connectivity index (χ1) is 21.3. The molecule has 0 radical (unpaired) electrons. The highest BCUT2D eigenvalue weighted by atomic mass is 16.4. The van der Waals surface area contributed by atoms with Crippen LogP contribution in [0.1, 0.15) is 51.3 Å². The van der Waals surface area contributed by atoms with Gasteiger partial charge in [-0.25, -0.2) is 9.78 Å². The Morgan fingerprint density at radius 3 is 2.27 bits per heavy atom. The van der Waals surface area contributed by atoms with E-state index in [2.05, 4.69) is 25.9 Å². The van der Waals surface area contributed by atoms with Gasteiger partial charge in [0.1, 0.15) is 23.9 Å². The van der Waals surface area contributed by atoms with Crippen LogP contribution >= 0.6 is 0 Å². The van der Waals surface area contributed by atoms with Crippen LogP contribution in [0.2, 0.25) is 0 Å². The number of amides is 4. The van der Waals surface area contributed by atoms with Crippen molar-refractivity contribution in [3.05, 3.63) is 48.0 Å². The van der Waals surface area contributed by atoms with Gasteiger partial charge >= 0.3 is 5.97 Å². The monoisotopic (exact) mass is 629 g/mol. The third-order valence-corrected chi connectivity index (χ3v) is 7.55. The minimum Gasteiger partial charge on any atom is -0.508 e. The average molecular weight is 630 g/mol. The number of aromatic nitrogens is 2. The Balaban J connectivity index is 1.80. The largest absolute Gasteiger partial charge is 0.508 e. The molecule has 45 heavy (non-hydrogen) atoms. The SMILES string of the molecule is CC(C)C[C@H](NC(=O)[C@H](Cc1ccc(O)cc1)NC(=O)[C@@H](N)Cc1cnc[nH]1)C(=O)N1CCC[C@H]1C(=O)N[C@H](C(=O)O)[C@@H](C)O. The van der Waals surface area contributed by atoms with Crippen molar-refractivity contribution in [1.29, 1.82) is 0 Å². The summed E-state index contributed by atoms with van der Waals surface area (Å²) in [4.78, 5) is 73.3. The summed E-state index contributed by atoms with van der Waals surface area (Å²) in [6.45, 7) is 5.18. The molecule has 15 nitrogen and oxygen atoms in total. The number of hydrogen-bond donors (Lipinski definition) is 8. The molecule has 0 aliphatic carbocycles. The molecule has 2 heterocycles. The number of phenols is 1. The molecule has 9 N–H and O–H groups in total. The van der Waals surface area contributed by atoms with Gasteiger partial charge in [-0.15, -0.1) is 0 Å². The van der Waals surface area contributed by atoms with Crippen molar-refractivity contribution >= 4 is 29.6 Å². The summed E-state index contributed by atoms with van der Waals surface area (Å²) in [5, 5.41) is 36.6. The number of carboxylic acids is 1. The second kappa shape index (κ2) is 16.0. The van der Waals surface area contributed by atoms with Crippen LogP contribution in [-0.4, -0.2) is 103 Å². The fourth-order valence-electron chi connectivity index (χ4n) is 5.19. The molecular weight excluding hydrogens is 586 g/mol. The van der Waals surface area contributed by atoms with Crippen molar-refractivity contribution < 1.29 is 39.3 Å². The van der Waals surface area contributed by atoms with E-state index < -0.39 is 65.9 Å².